The number of carbonyl (C=O) groups excluding carboxylic acids is 1. The smallest absolute Gasteiger partial charge is 0.317 e. The summed E-state index contributed by atoms with van der Waals surface area (Å²) in [6.07, 6.45) is 2.71. The molecule has 0 radical (unpaired) electrons. The second-order valence-electron chi connectivity index (χ2n) is 7.48. The normalized spacial score (nSPS) is 13.9. The number of aromatic nitrogens is 5. The quantitative estimate of drug-likeness (QED) is 0.406. The van der Waals surface area contributed by atoms with Crippen molar-refractivity contribution in [2.24, 2.45) is 0 Å². The summed E-state index contributed by atoms with van der Waals surface area (Å²) in [6.45, 7) is 2.81. The lowest BCUT2D eigenvalue weighted by Gasteiger charge is -2.17. The Bertz CT molecular complexity index is 1290. The highest BCUT2D eigenvalue weighted by atomic mass is 35.5. The minimum atomic E-state index is -0.381. The van der Waals surface area contributed by atoms with E-state index in [9.17, 15) is 4.79 Å². The monoisotopic (exact) mass is 471 g/mol. The Morgan fingerprint density at radius 3 is 2.75 bits per heavy atom. The van der Waals surface area contributed by atoms with Crippen molar-refractivity contribution in [2.75, 3.05) is 7.05 Å². The molecule has 3 aromatic heterocycles. The van der Waals surface area contributed by atoms with E-state index in [-0.39, 0.29) is 12.1 Å². The van der Waals surface area contributed by atoms with E-state index in [0.717, 1.165) is 22.3 Å². The van der Waals surface area contributed by atoms with E-state index in [1.165, 1.54) is 0 Å². The van der Waals surface area contributed by atoms with E-state index in [2.05, 4.69) is 30.5 Å². The molecular weight excluding hydrogens is 453 g/mol. The van der Waals surface area contributed by atoms with Crippen molar-refractivity contribution in [1.29, 1.82) is 0 Å². The molecule has 0 spiro atoms. The first-order valence-electron chi connectivity index (χ1n) is 9.93. The highest BCUT2D eigenvalue weighted by Gasteiger charge is 2.27. The predicted octanol–water partition coefficient (Wildman–Crippen LogP) is 4.45. The van der Waals surface area contributed by atoms with E-state index in [1.54, 1.807) is 24.3 Å². The maximum atomic E-state index is 11.9. The average molecular weight is 472 g/mol. The minimum Gasteiger partial charge on any atom is -0.486 e. The molecule has 4 aromatic rings. The van der Waals surface area contributed by atoms with E-state index < -0.39 is 0 Å². The summed E-state index contributed by atoms with van der Waals surface area (Å²) >= 11 is 12.5. The highest BCUT2D eigenvalue weighted by molar-refractivity contribution is 6.35. The first-order chi connectivity index (χ1) is 15.4. The summed E-state index contributed by atoms with van der Waals surface area (Å²) in [5, 5.41) is 11.9. The number of aromatic amines is 2. The molecule has 0 bridgehead atoms. The fourth-order valence-corrected chi connectivity index (χ4v) is 4.54. The van der Waals surface area contributed by atoms with Crippen molar-refractivity contribution in [3.8, 4) is 17.3 Å². The summed E-state index contributed by atoms with van der Waals surface area (Å²) in [4.78, 5) is 25.5. The third kappa shape index (κ3) is 3.53. The molecule has 11 heteroatoms. The molecule has 1 aromatic carbocycles. The number of nitrogens with one attached hydrogen (secondary N) is 3. The molecule has 1 aliphatic heterocycles. The fourth-order valence-electron chi connectivity index (χ4n) is 3.87. The van der Waals surface area contributed by atoms with Gasteiger partial charge in [0.15, 0.2) is 5.82 Å². The lowest BCUT2D eigenvalue weighted by atomic mass is 10.1. The Hall–Kier alpha value is -3.30. The van der Waals surface area contributed by atoms with Gasteiger partial charge in [-0.1, -0.05) is 23.2 Å². The number of hydrogen-bond acceptors (Lipinski definition) is 5. The van der Waals surface area contributed by atoms with Crippen LogP contribution < -0.4 is 10.1 Å². The standard InChI is InChI=1S/C21H19Cl2N7O2/c1-10(18-13(22)6-25-7-14(18)23)32-11-3-4-15-12(5-11)19(29-28-15)20-26-16-8-30(21(31)24-2)9-17(16)27-20/h3-7,10H,8-9H2,1-2H3,(H,24,31)(H,26,27)(H,28,29). The Morgan fingerprint density at radius 2 is 2.03 bits per heavy atom. The first kappa shape index (κ1) is 20.6. The van der Waals surface area contributed by atoms with Gasteiger partial charge >= 0.3 is 6.03 Å². The van der Waals surface area contributed by atoms with Gasteiger partial charge in [-0.3, -0.25) is 10.1 Å². The molecule has 1 aliphatic rings. The zero-order chi connectivity index (χ0) is 22.4. The van der Waals surface area contributed by atoms with E-state index in [4.69, 9.17) is 27.9 Å². The van der Waals surface area contributed by atoms with Gasteiger partial charge in [0, 0.05) is 30.4 Å². The number of benzene rings is 1. The third-order valence-corrected chi connectivity index (χ3v) is 6.03. The molecule has 1 unspecified atom stereocenters. The predicted molar refractivity (Wildman–Crippen MR) is 121 cm³/mol. The van der Waals surface area contributed by atoms with Gasteiger partial charge in [-0.25, -0.2) is 9.78 Å². The van der Waals surface area contributed by atoms with Crippen LogP contribution in [0.5, 0.6) is 5.75 Å². The van der Waals surface area contributed by atoms with Crippen molar-refractivity contribution < 1.29 is 9.53 Å². The Kier molecular flexibility index (Phi) is 5.15. The van der Waals surface area contributed by atoms with Crippen LogP contribution in [0.25, 0.3) is 22.4 Å². The number of halogens is 2. The Labute approximate surface area is 193 Å². The summed E-state index contributed by atoms with van der Waals surface area (Å²) in [5.41, 5.74) is 3.95. The molecular formula is C21H19Cl2N7O2. The van der Waals surface area contributed by atoms with Gasteiger partial charge in [-0.05, 0) is 25.1 Å². The molecule has 1 atom stereocenters. The van der Waals surface area contributed by atoms with Crippen LogP contribution in [-0.4, -0.2) is 43.1 Å². The molecule has 0 aliphatic carbocycles. The van der Waals surface area contributed by atoms with Crippen LogP contribution in [0.3, 0.4) is 0 Å². The molecule has 4 heterocycles. The van der Waals surface area contributed by atoms with E-state index in [1.807, 2.05) is 25.1 Å². The summed E-state index contributed by atoms with van der Waals surface area (Å²) in [5.74, 6) is 1.28. The number of nitrogens with zero attached hydrogens (tertiary/aromatic N) is 4. The number of ether oxygens (including phenoxy) is 1. The number of pyridine rings is 1. The van der Waals surface area contributed by atoms with Crippen LogP contribution in [0.15, 0.2) is 30.6 Å². The number of rotatable bonds is 4. The van der Waals surface area contributed by atoms with Gasteiger partial charge in [0.05, 0.1) is 40.0 Å². The molecule has 32 heavy (non-hydrogen) atoms. The summed E-state index contributed by atoms with van der Waals surface area (Å²) in [7, 11) is 1.61. The van der Waals surface area contributed by atoms with Gasteiger partial charge in [-0.15, -0.1) is 0 Å². The SMILES string of the molecule is CNC(=O)N1Cc2nc(-c3n[nH]c4ccc(OC(C)c5c(Cl)cncc5Cl)cc34)[nH]c2C1. The molecule has 5 rings (SSSR count). The van der Waals surface area contributed by atoms with Crippen LogP contribution in [0.1, 0.15) is 30.0 Å². The van der Waals surface area contributed by atoms with Crippen molar-refractivity contribution >= 4 is 40.1 Å². The zero-order valence-corrected chi connectivity index (χ0v) is 18.8. The van der Waals surface area contributed by atoms with E-state index >= 15 is 0 Å². The third-order valence-electron chi connectivity index (χ3n) is 5.42. The van der Waals surface area contributed by atoms with Gasteiger partial charge in [0.1, 0.15) is 17.5 Å². The largest absolute Gasteiger partial charge is 0.486 e. The van der Waals surface area contributed by atoms with Crippen LogP contribution in [0.4, 0.5) is 4.79 Å². The van der Waals surface area contributed by atoms with Gasteiger partial charge in [0.25, 0.3) is 0 Å². The topological polar surface area (TPSA) is 112 Å². The number of hydrogen-bond donors (Lipinski definition) is 3. The average Bonchev–Trinajstić information content (AvgIpc) is 3.45. The molecule has 2 amide bonds. The highest BCUT2D eigenvalue weighted by Crippen LogP contribution is 2.35. The van der Waals surface area contributed by atoms with Gasteiger partial charge < -0.3 is 19.9 Å². The molecule has 0 saturated carbocycles. The van der Waals surface area contributed by atoms with Crippen molar-refractivity contribution in [2.45, 2.75) is 26.1 Å². The van der Waals surface area contributed by atoms with Crippen LogP contribution in [0, 0.1) is 0 Å². The maximum absolute atomic E-state index is 11.9. The van der Waals surface area contributed by atoms with Crippen molar-refractivity contribution in [3.63, 3.8) is 0 Å². The number of urea groups is 1. The molecule has 164 valence electrons. The van der Waals surface area contributed by atoms with Crippen molar-refractivity contribution in [3.05, 3.63) is 57.6 Å². The second kappa shape index (κ2) is 7.99. The second-order valence-corrected chi connectivity index (χ2v) is 8.29. The molecule has 0 saturated heterocycles. The molecule has 0 fully saturated rings. The number of amides is 2. The van der Waals surface area contributed by atoms with Crippen molar-refractivity contribution in [1.82, 2.24) is 35.4 Å². The molecule has 3 N–H and O–H groups in total. The summed E-state index contributed by atoms with van der Waals surface area (Å²) < 4.78 is 6.12. The maximum Gasteiger partial charge on any atom is 0.317 e. The number of imidazole rings is 1. The van der Waals surface area contributed by atoms with Gasteiger partial charge in [-0.2, -0.15) is 5.10 Å². The Balaban J connectivity index is 1.43. The lowest BCUT2D eigenvalue weighted by Crippen LogP contribution is -2.34. The fraction of sp³-hybridized carbons (Fsp3) is 0.238. The van der Waals surface area contributed by atoms with E-state index in [0.29, 0.717) is 46.0 Å². The van der Waals surface area contributed by atoms with Crippen LogP contribution in [-0.2, 0) is 13.1 Å². The van der Waals surface area contributed by atoms with Crippen LogP contribution >= 0.6 is 23.2 Å². The van der Waals surface area contributed by atoms with Crippen LogP contribution in [0.2, 0.25) is 10.0 Å². The number of fused-ring (bicyclic) bond motifs is 2. The number of H-pyrrole nitrogens is 2. The minimum absolute atomic E-state index is 0.131. The summed E-state index contributed by atoms with van der Waals surface area (Å²) in [6, 6.07) is 5.52. The first-order valence-corrected chi connectivity index (χ1v) is 10.7. The molecule has 9 nitrogen and oxygen atoms in total. The zero-order valence-electron chi connectivity index (χ0n) is 17.2. The lowest BCUT2D eigenvalue weighted by molar-refractivity contribution is 0.200. The Morgan fingerprint density at radius 1 is 1.25 bits per heavy atom. The number of carbonyl (C=O) groups is 1. The van der Waals surface area contributed by atoms with Gasteiger partial charge in [0.2, 0.25) is 0 Å².